The number of aliphatic carboxylic acids is 1. The molecule has 0 amide bonds. The second-order valence-corrected chi connectivity index (χ2v) is 5.68. The molecule has 3 nitrogen and oxygen atoms in total. The average molecular weight is 270 g/mol. The van der Waals surface area contributed by atoms with Crippen molar-refractivity contribution in [3.05, 3.63) is 28.2 Å². The smallest absolute Gasteiger partial charge is 0.303 e. The van der Waals surface area contributed by atoms with Crippen LogP contribution in [-0.2, 0) is 11.2 Å². The molecule has 1 heterocycles. The van der Waals surface area contributed by atoms with Gasteiger partial charge in [-0.2, -0.15) is 0 Å². The second-order valence-electron chi connectivity index (χ2n) is 4.13. The fourth-order valence-corrected chi connectivity index (χ4v) is 2.98. The molecule has 1 aromatic heterocycles. The fourth-order valence-electron chi connectivity index (χ4n) is 1.70. The quantitative estimate of drug-likeness (QED) is 0.923. The number of hydrogen-bond acceptors (Lipinski definition) is 3. The minimum Gasteiger partial charge on any atom is -0.481 e. The standard InChI is InChI=1S/C12H12ClNO2S/c1-7(5-12(15)16)4-11-14-9-6-8(13)2-3-10(9)17-11/h2-3,6-7H,4-5H2,1H3,(H,15,16). The van der Waals surface area contributed by atoms with Gasteiger partial charge in [0.05, 0.1) is 15.2 Å². The Hall–Kier alpha value is -1.13. The van der Waals surface area contributed by atoms with Crippen molar-refractivity contribution in [2.75, 3.05) is 0 Å². The van der Waals surface area contributed by atoms with Crippen LogP contribution in [0.2, 0.25) is 5.02 Å². The lowest BCUT2D eigenvalue weighted by atomic mass is 10.1. The summed E-state index contributed by atoms with van der Waals surface area (Å²) < 4.78 is 1.09. The molecule has 1 atom stereocenters. The predicted molar refractivity (Wildman–Crippen MR) is 69.8 cm³/mol. The first kappa shape index (κ1) is 12.3. The maximum absolute atomic E-state index is 10.6. The number of hydrogen-bond donors (Lipinski definition) is 1. The molecule has 1 unspecified atom stereocenters. The second kappa shape index (κ2) is 5.02. The largest absolute Gasteiger partial charge is 0.481 e. The van der Waals surface area contributed by atoms with E-state index >= 15 is 0 Å². The lowest BCUT2D eigenvalue weighted by molar-refractivity contribution is -0.137. The van der Waals surface area contributed by atoms with Crippen LogP contribution in [0.25, 0.3) is 10.2 Å². The highest BCUT2D eigenvalue weighted by molar-refractivity contribution is 7.18. The molecular formula is C12H12ClNO2S. The van der Waals surface area contributed by atoms with Crippen molar-refractivity contribution in [3.63, 3.8) is 0 Å². The number of thiazole rings is 1. The molecule has 1 N–H and O–H groups in total. The maximum Gasteiger partial charge on any atom is 0.303 e. The van der Waals surface area contributed by atoms with Gasteiger partial charge in [0.2, 0.25) is 0 Å². The van der Waals surface area contributed by atoms with Gasteiger partial charge in [0.15, 0.2) is 0 Å². The van der Waals surface area contributed by atoms with Crippen LogP contribution in [0.3, 0.4) is 0 Å². The number of carboxylic acid groups (broad SMARTS) is 1. The number of benzene rings is 1. The summed E-state index contributed by atoms with van der Waals surface area (Å²) in [4.78, 5) is 15.0. The minimum atomic E-state index is -0.762. The molecule has 1 aromatic carbocycles. The van der Waals surface area contributed by atoms with Crippen LogP contribution in [0, 0.1) is 5.92 Å². The Bertz CT molecular complexity index is 552. The maximum atomic E-state index is 10.6. The Balaban J connectivity index is 2.16. The topological polar surface area (TPSA) is 50.2 Å². The van der Waals surface area contributed by atoms with Crippen molar-refractivity contribution in [1.82, 2.24) is 4.98 Å². The highest BCUT2D eigenvalue weighted by Gasteiger charge is 2.12. The zero-order chi connectivity index (χ0) is 12.4. The Morgan fingerprint density at radius 1 is 1.59 bits per heavy atom. The summed E-state index contributed by atoms with van der Waals surface area (Å²) in [6, 6.07) is 5.62. The molecule has 17 heavy (non-hydrogen) atoms. The number of carboxylic acids is 1. The summed E-state index contributed by atoms with van der Waals surface area (Å²) >= 11 is 7.49. The van der Waals surface area contributed by atoms with Crippen molar-refractivity contribution in [2.24, 2.45) is 5.92 Å². The van der Waals surface area contributed by atoms with Crippen LogP contribution in [-0.4, -0.2) is 16.1 Å². The SMILES string of the molecule is CC(CC(=O)O)Cc1nc2cc(Cl)ccc2s1. The summed E-state index contributed by atoms with van der Waals surface area (Å²) in [5.74, 6) is -0.662. The number of carbonyl (C=O) groups is 1. The molecule has 0 aliphatic carbocycles. The third-order valence-electron chi connectivity index (χ3n) is 2.44. The Morgan fingerprint density at radius 3 is 3.06 bits per heavy atom. The summed E-state index contributed by atoms with van der Waals surface area (Å²) in [6.07, 6.45) is 0.875. The molecular weight excluding hydrogens is 258 g/mol. The van der Waals surface area contributed by atoms with Crippen molar-refractivity contribution < 1.29 is 9.90 Å². The van der Waals surface area contributed by atoms with Gasteiger partial charge in [-0.1, -0.05) is 18.5 Å². The van der Waals surface area contributed by atoms with Gasteiger partial charge in [-0.15, -0.1) is 11.3 Å². The van der Waals surface area contributed by atoms with E-state index in [4.69, 9.17) is 16.7 Å². The molecule has 0 spiro atoms. The normalized spacial score (nSPS) is 12.8. The molecule has 0 bridgehead atoms. The molecule has 2 rings (SSSR count). The van der Waals surface area contributed by atoms with E-state index in [1.807, 2.05) is 25.1 Å². The summed E-state index contributed by atoms with van der Waals surface area (Å²) in [7, 11) is 0. The first-order valence-electron chi connectivity index (χ1n) is 5.31. The lowest BCUT2D eigenvalue weighted by Gasteiger charge is -2.04. The molecule has 0 fully saturated rings. The van der Waals surface area contributed by atoms with E-state index in [1.165, 1.54) is 0 Å². The molecule has 0 aliphatic heterocycles. The van der Waals surface area contributed by atoms with Gasteiger partial charge < -0.3 is 5.11 Å². The van der Waals surface area contributed by atoms with Crippen molar-refractivity contribution >= 4 is 39.1 Å². The Labute approximate surface area is 108 Å². The fraction of sp³-hybridized carbons (Fsp3) is 0.333. The minimum absolute atomic E-state index is 0.100. The summed E-state index contributed by atoms with van der Waals surface area (Å²) in [5, 5.41) is 10.3. The molecule has 0 saturated heterocycles. The van der Waals surface area contributed by atoms with Crippen LogP contribution in [0.5, 0.6) is 0 Å². The van der Waals surface area contributed by atoms with Gasteiger partial charge in [0.25, 0.3) is 0 Å². The van der Waals surface area contributed by atoms with Crippen LogP contribution >= 0.6 is 22.9 Å². The third-order valence-corrected chi connectivity index (χ3v) is 3.73. The van der Waals surface area contributed by atoms with E-state index in [1.54, 1.807) is 11.3 Å². The first-order chi connectivity index (χ1) is 8.04. The van der Waals surface area contributed by atoms with Gasteiger partial charge in [0, 0.05) is 17.9 Å². The van der Waals surface area contributed by atoms with Gasteiger partial charge in [-0.25, -0.2) is 4.98 Å². The summed E-state index contributed by atoms with van der Waals surface area (Å²) in [6.45, 7) is 1.92. The van der Waals surface area contributed by atoms with Crippen LogP contribution in [0.15, 0.2) is 18.2 Å². The third kappa shape index (κ3) is 3.17. The average Bonchev–Trinajstić information content (AvgIpc) is 2.57. The van der Waals surface area contributed by atoms with Crippen LogP contribution in [0.1, 0.15) is 18.4 Å². The molecule has 0 saturated carbocycles. The number of aromatic nitrogens is 1. The van der Waals surface area contributed by atoms with Crippen LogP contribution < -0.4 is 0 Å². The van der Waals surface area contributed by atoms with Crippen molar-refractivity contribution in [2.45, 2.75) is 19.8 Å². The zero-order valence-electron chi connectivity index (χ0n) is 9.31. The molecule has 90 valence electrons. The van der Waals surface area contributed by atoms with E-state index in [0.29, 0.717) is 11.4 Å². The van der Waals surface area contributed by atoms with Gasteiger partial charge >= 0.3 is 5.97 Å². The van der Waals surface area contributed by atoms with Gasteiger partial charge in [-0.05, 0) is 24.1 Å². The van der Waals surface area contributed by atoms with E-state index in [0.717, 1.165) is 15.2 Å². The van der Waals surface area contributed by atoms with E-state index < -0.39 is 5.97 Å². The van der Waals surface area contributed by atoms with Crippen molar-refractivity contribution in [1.29, 1.82) is 0 Å². The van der Waals surface area contributed by atoms with E-state index in [2.05, 4.69) is 4.98 Å². The van der Waals surface area contributed by atoms with Crippen molar-refractivity contribution in [3.8, 4) is 0 Å². The lowest BCUT2D eigenvalue weighted by Crippen LogP contribution is -2.06. The highest BCUT2D eigenvalue weighted by atomic mass is 35.5. The number of nitrogens with zero attached hydrogens (tertiary/aromatic N) is 1. The number of halogens is 1. The van der Waals surface area contributed by atoms with E-state index in [-0.39, 0.29) is 12.3 Å². The highest BCUT2D eigenvalue weighted by Crippen LogP contribution is 2.26. The summed E-state index contributed by atoms with van der Waals surface area (Å²) in [5.41, 5.74) is 0.889. The number of rotatable bonds is 4. The first-order valence-corrected chi connectivity index (χ1v) is 6.51. The molecule has 0 radical (unpaired) electrons. The zero-order valence-corrected chi connectivity index (χ0v) is 10.9. The Morgan fingerprint density at radius 2 is 2.35 bits per heavy atom. The monoisotopic (exact) mass is 269 g/mol. The van der Waals surface area contributed by atoms with Gasteiger partial charge in [-0.3, -0.25) is 4.79 Å². The Kier molecular flexibility index (Phi) is 3.64. The van der Waals surface area contributed by atoms with Gasteiger partial charge in [0.1, 0.15) is 0 Å². The molecule has 0 aliphatic rings. The molecule has 2 aromatic rings. The van der Waals surface area contributed by atoms with Crippen LogP contribution in [0.4, 0.5) is 0 Å². The van der Waals surface area contributed by atoms with E-state index in [9.17, 15) is 4.79 Å². The predicted octanol–water partition coefficient (Wildman–Crippen LogP) is 3.60. The molecule has 5 heteroatoms. The number of fused-ring (bicyclic) bond motifs is 1.